The topological polar surface area (TPSA) is 302 Å². The molecule has 28 heteroatoms. The average molecular weight is 1510 g/mol. The molecule has 24 nitrogen and oxygen atoms in total. The number of halogens is 2. The Morgan fingerprint density at radius 2 is 0.924 bits per heavy atom. The molecular formula is C77H95ClFN5O19P2. The first-order valence-electron chi connectivity index (χ1n) is 34.2. The smallest absolute Gasteiger partial charge is 0.407 e. The number of aliphatic hydroxyl groups is 2. The van der Waals surface area contributed by atoms with E-state index >= 15 is 0 Å². The zero-order valence-corrected chi connectivity index (χ0v) is 62.2. The van der Waals surface area contributed by atoms with Crippen molar-refractivity contribution in [3.63, 3.8) is 0 Å². The number of alkyl halides is 1. The predicted octanol–water partition coefficient (Wildman–Crippen LogP) is 10.7. The van der Waals surface area contributed by atoms with Gasteiger partial charge in [0.1, 0.15) is 50.3 Å². The molecule has 0 spiro atoms. The molecule has 7 aromatic carbocycles. The van der Waals surface area contributed by atoms with Gasteiger partial charge in [0.25, 0.3) is 14.1 Å². The summed E-state index contributed by atoms with van der Waals surface area (Å²) in [6.45, 7) is 7.18. The van der Waals surface area contributed by atoms with E-state index < -0.39 is 32.4 Å². The summed E-state index contributed by atoms with van der Waals surface area (Å²) >= 11 is 4.64. The lowest BCUT2D eigenvalue weighted by atomic mass is 9.98. The van der Waals surface area contributed by atoms with E-state index in [4.69, 9.17) is 58.2 Å². The molecule has 0 bridgehead atoms. The van der Waals surface area contributed by atoms with Gasteiger partial charge in [-0.25, -0.2) is 19.2 Å². The van der Waals surface area contributed by atoms with Crippen LogP contribution in [0.25, 0.3) is 22.3 Å². The van der Waals surface area contributed by atoms with Crippen LogP contribution in [0.1, 0.15) is 78.0 Å². The minimum atomic E-state index is -2.33. The van der Waals surface area contributed by atoms with Gasteiger partial charge in [-0.2, -0.15) is 4.20 Å². The molecule has 0 saturated carbocycles. The summed E-state index contributed by atoms with van der Waals surface area (Å²) in [6.07, 6.45) is 1.16. The summed E-state index contributed by atoms with van der Waals surface area (Å²) in [5.41, 5.74) is 16.0. The van der Waals surface area contributed by atoms with E-state index in [1.54, 1.807) is 79.8 Å². The largest absolute Gasteiger partial charge is 0.491 e. The first-order valence-corrected chi connectivity index (χ1v) is 37.8. The van der Waals surface area contributed by atoms with E-state index in [1.165, 1.54) is 70.1 Å². The van der Waals surface area contributed by atoms with E-state index in [-0.39, 0.29) is 61.2 Å². The van der Waals surface area contributed by atoms with Gasteiger partial charge in [0, 0.05) is 76.8 Å². The van der Waals surface area contributed by atoms with Crippen LogP contribution in [-0.2, 0) is 42.4 Å². The highest BCUT2D eigenvalue weighted by molar-refractivity contribution is 8.08. The van der Waals surface area contributed by atoms with E-state index in [1.807, 2.05) is 57.5 Å². The Morgan fingerprint density at radius 1 is 0.524 bits per heavy atom. The standard InChI is InChI=1S/C32H36N2O7.C26H26FNO6P2.C12H17NO4.C6H13NO2.CH3Cl/c1-38-20-23-18-24(35)19-34(23)31(36)22-10-12-25(13-11-22)40-17-16-39-15-14-33-32(37)41-21-30-28-8-4-2-6-26(28)27-7-3-5-9-29(27)30;27-36(35)34-25(29)18-9-11-19(12-10-18)32-16-15-31-14-13-28-26(30)33-17-24-22-7-3-1-5-20(22)21-6-2-4-8-23(21)24;1-15-12(14)10-2-4-11(5-3-10)17-9-8-16-7-6-13;1-9-4-5-2-6(8)3-7-5;1-2/h2-13,23-24,30,35H,14-21H2,1H3,(H,33,37);1-12,24H,13-17,35H2,(H,28,30);2-5H,6-9,13H2,1H3;5-8H,2-4H2,1H3;1H3. The number of methoxy groups -OCH3 is 3. The van der Waals surface area contributed by atoms with Crippen LogP contribution in [0.5, 0.6) is 17.2 Å². The molecule has 6 unspecified atom stereocenters. The molecule has 2 saturated heterocycles. The molecule has 0 aromatic heterocycles. The van der Waals surface area contributed by atoms with Gasteiger partial charge in [-0.1, -0.05) is 97.1 Å². The molecule has 7 aromatic rings. The number of carbonyl (C=O) groups excluding carboxylic acids is 5. The zero-order valence-electron chi connectivity index (χ0n) is 59.4. The summed E-state index contributed by atoms with van der Waals surface area (Å²) in [4.78, 5) is 61.7. The number of esters is 1. The minimum Gasteiger partial charge on any atom is -0.491 e. The summed E-state index contributed by atoms with van der Waals surface area (Å²) < 4.78 is 75.8. The first kappa shape index (κ1) is 83.9. The number of aliphatic hydroxyl groups excluding tert-OH is 2. The molecule has 3 amide bonds. The van der Waals surface area contributed by atoms with Crippen molar-refractivity contribution < 1.29 is 95.0 Å². The number of nitrogens with zero attached hydrogens (tertiary/aromatic N) is 1. The van der Waals surface area contributed by atoms with Gasteiger partial charge in [-0.3, -0.25) is 4.79 Å². The van der Waals surface area contributed by atoms with Gasteiger partial charge < -0.3 is 93.4 Å². The fourth-order valence-corrected chi connectivity index (χ4v) is 12.4. The van der Waals surface area contributed by atoms with E-state index in [2.05, 4.69) is 85.3 Å². The molecule has 7 N–H and O–H groups in total. The number of nitrogens with two attached hydrogens (primary N) is 1. The minimum absolute atomic E-state index is 0.0170. The van der Waals surface area contributed by atoms with Crippen molar-refractivity contribution in [2.75, 3.05) is 146 Å². The van der Waals surface area contributed by atoms with Gasteiger partial charge in [-0.15, -0.1) is 11.6 Å². The van der Waals surface area contributed by atoms with Crippen LogP contribution in [-0.4, -0.2) is 216 Å². The normalized spacial score (nSPS) is 16.0. The number of ether oxygens (including phenoxy) is 11. The Balaban J connectivity index is 0.000000217. The van der Waals surface area contributed by atoms with Crippen molar-refractivity contribution in [2.24, 2.45) is 5.73 Å². The van der Waals surface area contributed by atoms with Gasteiger partial charge in [0.2, 0.25) is 0 Å². The number of rotatable bonds is 32. The van der Waals surface area contributed by atoms with E-state index in [0.29, 0.717) is 140 Å². The van der Waals surface area contributed by atoms with Crippen LogP contribution < -0.4 is 35.9 Å². The first-order chi connectivity index (χ1) is 51.2. The van der Waals surface area contributed by atoms with Gasteiger partial charge in [0.05, 0.1) is 89.3 Å². The summed E-state index contributed by atoms with van der Waals surface area (Å²) in [7, 11) is 4.09. The Morgan fingerprint density at radius 3 is 1.30 bits per heavy atom. The lowest BCUT2D eigenvalue weighted by Crippen LogP contribution is -2.38. The number of β-amino-alcohol motifs (C(OH)–C–C–N with tert-alkyl or cyclic N) is 2. The summed E-state index contributed by atoms with van der Waals surface area (Å²) in [6, 6.07) is 52.9. The highest BCUT2D eigenvalue weighted by atomic mass is 35.5. The lowest BCUT2D eigenvalue weighted by Gasteiger charge is -2.23. The third-order valence-corrected chi connectivity index (χ3v) is 17.3. The molecule has 0 radical (unpaired) electrons. The fourth-order valence-electron chi connectivity index (χ4n) is 11.9. The summed E-state index contributed by atoms with van der Waals surface area (Å²) in [5, 5.41) is 27.5. The van der Waals surface area contributed by atoms with Crippen LogP contribution in [0, 0.1) is 0 Å². The van der Waals surface area contributed by atoms with Crippen LogP contribution in [0.3, 0.4) is 0 Å². The number of hydrogen-bond donors (Lipinski definition) is 6. The van der Waals surface area contributed by atoms with Crippen molar-refractivity contribution in [1.82, 2.24) is 20.9 Å². The maximum Gasteiger partial charge on any atom is 0.407 e. The second kappa shape index (κ2) is 46.5. The predicted molar refractivity (Wildman–Crippen MR) is 401 cm³/mol. The number of amides is 3. The number of benzene rings is 7. The Labute approximate surface area is 620 Å². The molecule has 11 rings (SSSR count). The van der Waals surface area contributed by atoms with Gasteiger partial charge >= 0.3 is 24.1 Å². The number of fused-ring (bicyclic) bond motifs is 6. The van der Waals surface area contributed by atoms with Crippen LogP contribution >= 0.6 is 28.7 Å². The zero-order chi connectivity index (χ0) is 75.1. The molecule has 2 heterocycles. The maximum atomic E-state index is 12.9. The highest BCUT2D eigenvalue weighted by Gasteiger charge is 2.35. The third kappa shape index (κ3) is 27.2. The molecule has 6 atom stereocenters. The second-order valence-corrected chi connectivity index (χ2v) is 25.7. The Hall–Kier alpha value is -8.39. The number of likely N-dealkylation sites (tertiary alicyclic amines) is 1. The van der Waals surface area contributed by atoms with Crippen molar-refractivity contribution in [3.8, 4) is 39.5 Å². The van der Waals surface area contributed by atoms with Crippen molar-refractivity contribution in [3.05, 3.63) is 209 Å². The maximum absolute atomic E-state index is 12.9. The van der Waals surface area contributed by atoms with Gasteiger partial charge in [0.15, 0.2) is 0 Å². The van der Waals surface area contributed by atoms with Crippen LogP contribution in [0.15, 0.2) is 170 Å². The molecule has 4 aliphatic rings. The van der Waals surface area contributed by atoms with Crippen LogP contribution in [0.2, 0.25) is 0 Å². The number of hydrogen-bond acceptors (Lipinski definition) is 21. The highest BCUT2D eigenvalue weighted by Crippen LogP contribution is 2.48. The van der Waals surface area contributed by atoms with E-state index in [9.17, 15) is 33.3 Å². The number of carbonyl (C=O) groups is 5. The molecule has 105 heavy (non-hydrogen) atoms. The van der Waals surface area contributed by atoms with Crippen molar-refractivity contribution in [2.45, 2.75) is 49.0 Å². The van der Waals surface area contributed by atoms with Crippen molar-refractivity contribution in [1.29, 1.82) is 0 Å². The van der Waals surface area contributed by atoms with Crippen molar-refractivity contribution >= 4 is 58.7 Å². The fraction of sp³-hybridized carbons (Fsp3) is 0.390. The lowest BCUT2D eigenvalue weighted by molar-refractivity contribution is 0.0598. The average Bonchev–Trinajstić information content (AvgIpc) is 1.62. The monoisotopic (exact) mass is 1510 g/mol. The molecule has 2 aliphatic heterocycles. The number of alkyl carbamates (subject to hydrolysis) is 2. The van der Waals surface area contributed by atoms with E-state index in [0.717, 1.165) is 6.42 Å². The molecule has 566 valence electrons. The quantitative estimate of drug-likeness (QED) is 0.00750. The number of nitrogens with one attached hydrogen (secondary N) is 3. The van der Waals surface area contributed by atoms with Crippen LogP contribution in [0.4, 0.5) is 13.8 Å². The molecule has 2 aliphatic carbocycles. The Bertz CT molecular complexity index is 3670. The summed E-state index contributed by atoms with van der Waals surface area (Å²) in [5.74, 6) is 0.673. The third-order valence-electron chi connectivity index (χ3n) is 16.7. The Kier molecular flexibility index (Phi) is 37.2. The van der Waals surface area contributed by atoms with Gasteiger partial charge in [-0.05, 0) is 139 Å². The SMILES string of the molecule is CCl.COC(=O)c1ccc(OCCOCCN)cc1.COCC1CC(O)CN1.COCC1CC(O)CN1C(=O)c1ccc(OCCOCCNC(=O)OCC2c3ccccc3-c3ccccc32)cc1.O=C(NCCOCCOc1ccc(C(=O)OP(F)P)cc1)OCC1c2ccccc2-c2ccccc21. The second-order valence-electron chi connectivity index (χ2n) is 23.8. The molecular weight excluding hydrogens is 1420 g/mol. The molecule has 2 fully saturated rings.